The number of nitrogens with one attached hydrogen (secondary N) is 1. The second-order valence-electron chi connectivity index (χ2n) is 3.79. The lowest BCUT2D eigenvalue weighted by atomic mass is 10.1. The Kier molecular flexibility index (Phi) is 4.28. The number of hydrogen-bond acceptors (Lipinski definition) is 3. The van der Waals surface area contributed by atoms with Gasteiger partial charge in [-0.1, -0.05) is 12.2 Å². The zero-order valence-corrected chi connectivity index (χ0v) is 9.27. The normalized spacial score (nSPS) is 19.2. The predicted molar refractivity (Wildman–Crippen MR) is 60.1 cm³/mol. The third-order valence-corrected chi connectivity index (χ3v) is 2.56. The largest absolute Gasteiger partial charge is 0.393 e. The fourth-order valence-corrected chi connectivity index (χ4v) is 1.72. The van der Waals surface area contributed by atoms with Gasteiger partial charge in [0.2, 0.25) is 5.91 Å². The maximum Gasteiger partial charge on any atom is 0.227 e. The molecule has 1 amide bonds. The Morgan fingerprint density at radius 1 is 1.57 bits per heavy atom. The van der Waals surface area contributed by atoms with Crippen LogP contribution in [-0.2, 0) is 4.79 Å². The van der Waals surface area contributed by atoms with Crippen LogP contribution in [0.4, 0.5) is 0 Å². The molecule has 1 saturated heterocycles. The van der Waals surface area contributed by atoms with E-state index in [0.717, 1.165) is 25.9 Å². The average Bonchev–Trinajstić information content (AvgIpc) is 2.07. The van der Waals surface area contributed by atoms with Crippen LogP contribution in [0.1, 0.15) is 19.3 Å². The van der Waals surface area contributed by atoms with Crippen LogP contribution in [0.3, 0.4) is 0 Å². The summed E-state index contributed by atoms with van der Waals surface area (Å²) in [5.41, 5.74) is 5.28. The van der Waals surface area contributed by atoms with E-state index in [1.807, 2.05) is 0 Å². The van der Waals surface area contributed by atoms with Crippen LogP contribution in [0, 0.1) is 0 Å². The molecule has 0 aromatic rings. The molecule has 1 heterocycles. The summed E-state index contributed by atoms with van der Waals surface area (Å²) in [5.74, 6) is -0.0490. The predicted octanol–water partition coefficient (Wildman–Crippen LogP) is -0.127. The van der Waals surface area contributed by atoms with E-state index < -0.39 is 0 Å². The van der Waals surface area contributed by atoms with Crippen molar-refractivity contribution in [3.05, 3.63) is 0 Å². The fraction of sp³-hybridized carbons (Fsp3) is 0.778. The molecule has 0 aliphatic carbocycles. The van der Waals surface area contributed by atoms with Gasteiger partial charge < -0.3 is 16.0 Å². The van der Waals surface area contributed by atoms with Crippen molar-refractivity contribution in [3.63, 3.8) is 0 Å². The van der Waals surface area contributed by atoms with E-state index in [4.69, 9.17) is 5.73 Å². The van der Waals surface area contributed by atoms with Crippen LogP contribution >= 0.6 is 12.2 Å². The number of carbonyl (C=O) groups is 1. The van der Waals surface area contributed by atoms with Crippen LogP contribution in [0.15, 0.2) is 0 Å². The molecule has 5 heteroatoms. The molecule has 0 aromatic heterocycles. The van der Waals surface area contributed by atoms with Crippen LogP contribution in [0.25, 0.3) is 0 Å². The number of carbonyl (C=O) groups excluding carboxylic acids is 1. The number of thiocarbonyl (C=S) groups is 1. The standard InChI is InChI=1S/C9H17N3OS/c1-12-4-2-7(3-5-12)11-9(13)6-8(10)14/h7H,2-6H2,1H3,(H2,10,14)(H,11,13). The van der Waals surface area contributed by atoms with E-state index in [2.05, 4.69) is 29.5 Å². The Labute approximate surface area is 89.8 Å². The van der Waals surface area contributed by atoms with Gasteiger partial charge in [-0.15, -0.1) is 0 Å². The number of piperidine rings is 1. The molecule has 3 N–H and O–H groups in total. The number of nitrogens with zero attached hydrogens (tertiary/aromatic N) is 1. The highest BCUT2D eigenvalue weighted by Gasteiger charge is 2.18. The molecule has 14 heavy (non-hydrogen) atoms. The summed E-state index contributed by atoms with van der Waals surface area (Å²) in [6.07, 6.45) is 2.20. The molecule has 0 radical (unpaired) electrons. The van der Waals surface area contributed by atoms with Crippen LogP contribution in [0.5, 0.6) is 0 Å². The monoisotopic (exact) mass is 215 g/mol. The number of amides is 1. The summed E-state index contributed by atoms with van der Waals surface area (Å²) >= 11 is 4.67. The summed E-state index contributed by atoms with van der Waals surface area (Å²) < 4.78 is 0. The van der Waals surface area contributed by atoms with Crippen molar-refractivity contribution in [1.82, 2.24) is 10.2 Å². The molecule has 0 bridgehead atoms. The Hall–Kier alpha value is -0.680. The van der Waals surface area contributed by atoms with Crippen molar-refractivity contribution in [2.75, 3.05) is 20.1 Å². The van der Waals surface area contributed by atoms with Crippen molar-refractivity contribution in [3.8, 4) is 0 Å². The van der Waals surface area contributed by atoms with Gasteiger partial charge in [0.05, 0.1) is 11.4 Å². The Morgan fingerprint density at radius 3 is 2.64 bits per heavy atom. The molecule has 1 rings (SSSR count). The van der Waals surface area contributed by atoms with Crippen LogP contribution in [0.2, 0.25) is 0 Å². The zero-order valence-electron chi connectivity index (χ0n) is 8.45. The first-order chi connectivity index (χ1) is 6.58. The van der Waals surface area contributed by atoms with Gasteiger partial charge in [-0.3, -0.25) is 4.79 Å². The second-order valence-corrected chi connectivity index (χ2v) is 4.31. The first-order valence-corrected chi connectivity index (χ1v) is 5.25. The smallest absolute Gasteiger partial charge is 0.227 e. The van der Waals surface area contributed by atoms with Crippen molar-refractivity contribution in [2.45, 2.75) is 25.3 Å². The topological polar surface area (TPSA) is 58.4 Å². The van der Waals surface area contributed by atoms with E-state index in [0.29, 0.717) is 6.04 Å². The molecular formula is C9H17N3OS. The molecular weight excluding hydrogens is 198 g/mol. The van der Waals surface area contributed by atoms with Crippen molar-refractivity contribution >= 4 is 23.1 Å². The van der Waals surface area contributed by atoms with Gasteiger partial charge in [0, 0.05) is 6.04 Å². The van der Waals surface area contributed by atoms with Gasteiger partial charge in [-0.2, -0.15) is 0 Å². The molecule has 0 spiro atoms. The van der Waals surface area contributed by atoms with Gasteiger partial charge in [0.25, 0.3) is 0 Å². The van der Waals surface area contributed by atoms with Gasteiger partial charge in [-0.25, -0.2) is 0 Å². The number of hydrogen-bond donors (Lipinski definition) is 2. The van der Waals surface area contributed by atoms with Crippen molar-refractivity contribution in [1.29, 1.82) is 0 Å². The summed E-state index contributed by atoms with van der Waals surface area (Å²) in [6.45, 7) is 2.08. The third-order valence-electron chi connectivity index (χ3n) is 2.42. The highest BCUT2D eigenvalue weighted by atomic mass is 32.1. The quantitative estimate of drug-likeness (QED) is 0.644. The number of rotatable bonds is 3. The number of nitrogens with two attached hydrogens (primary N) is 1. The Balaban J connectivity index is 2.24. The van der Waals surface area contributed by atoms with Gasteiger partial charge in [0.1, 0.15) is 0 Å². The SMILES string of the molecule is CN1CCC(NC(=O)CC(N)=S)CC1. The molecule has 0 unspecified atom stereocenters. The van der Waals surface area contributed by atoms with E-state index >= 15 is 0 Å². The Bertz CT molecular complexity index is 224. The molecule has 0 atom stereocenters. The molecule has 80 valence electrons. The van der Waals surface area contributed by atoms with E-state index in [1.165, 1.54) is 0 Å². The first-order valence-electron chi connectivity index (χ1n) is 4.84. The highest BCUT2D eigenvalue weighted by Crippen LogP contribution is 2.07. The lowest BCUT2D eigenvalue weighted by molar-refractivity contribution is -0.120. The lowest BCUT2D eigenvalue weighted by Gasteiger charge is -2.29. The first kappa shape index (κ1) is 11.4. The van der Waals surface area contributed by atoms with Crippen molar-refractivity contribution in [2.24, 2.45) is 5.73 Å². The number of likely N-dealkylation sites (tertiary alicyclic amines) is 1. The van der Waals surface area contributed by atoms with Crippen molar-refractivity contribution < 1.29 is 4.79 Å². The van der Waals surface area contributed by atoms with E-state index in [-0.39, 0.29) is 17.3 Å². The minimum Gasteiger partial charge on any atom is -0.393 e. The van der Waals surface area contributed by atoms with E-state index in [9.17, 15) is 4.79 Å². The molecule has 1 aliphatic heterocycles. The minimum atomic E-state index is -0.0490. The highest BCUT2D eigenvalue weighted by molar-refractivity contribution is 7.80. The molecule has 1 aliphatic rings. The van der Waals surface area contributed by atoms with Crippen LogP contribution in [-0.4, -0.2) is 42.0 Å². The fourth-order valence-electron chi connectivity index (χ4n) is 1.59. The average molecular weight is 215 g/mol. The van der Waals surface area contributed by atoms with Gasteiger partial charge >= 0.3 is 0 Å². The molecule has 0 aromatic carbocycles. The third kappa shape index (κ3) is 4.02. The second kappa shape index (κ2) is 5.26. The maximum atomic E-state index is 11.3. The van der Waals surface area contributed by atoms with Gasteiger partial charge in [-0.05, 0) is 33.0 Å². The van der Waals surface area contributed by atoms with E-state index in [1.54, 1.807) is 0 Å². The Morgan fingerprint density at radius 2 is 2.14 bits per heavy atom. The summed E-state index contributed by atoms with van der Waals surface area (Å²) in [6, 6.07) is 0.299. The minimum absolute atomic E-state index is 0.0490. The molecule has 4 nitrogen and oxygen atoms in total. The lowest BCUT2D eigenvalue weighted by Crippen LogP contribution is -2.44. The van der Waals surface area contributed by atoms with Gasteiger partial charge in [0.15, 0.2) is 0 Å². The zero-order chi connectivity index (χ0) is 10.6. The summed E-state index contributed by atoms with van der Waals surface area (Å²) in [4.78, 5) is 13.8. The maximum absolute atomic E-state index is 11.3. The molecule has 0 saturated carbocycles. The summed E-state index contributed by atoms with van der Waals surface area (Å²) in [5, 5.41) is 2.94. The van der Waals surface area contributed by atoms with Crippen LogP contribution < -0.4 is 11.1 Å². The summed E-state index contributed by atoms with van der Waals surface area (Å²) in [7, 11) is 2.09. The molecule has 1 fully saturated rings.